The van der Waals surface area contributed by atoms with Crippen LogP contribution in [0.15, 0.2) is 192 Å². The average molecular weight is 682 g/mol. The van der Waals surface area contributed by atoms with Crippen LogP contribution in [0, 0.1) is 0 Å². The Kier molecular flexibility index (Phi) is 6.46. The summed E-state index contributed by atoms with van der Waals surface area (Å²) in [5.74, 6) is 1.76. The number of nitrogens with zero attached hydrogens (tertiary/aromatic N) is 3. The number of hydrogen-bond donors (Lipinski definition) is 0. The Labute approximate surface area is 312 Å². The van der Waals surface area contributed by atoms with E-state index in [4.69, 9.17) is 24.9 Å². The molecule has 0 amide bonds. The lowest BCUT2D eigenvalue weighted by Gasteiger charge is -2.13. The molecular formula is C49H31N3O. The molecule has 2 aromatic heterocycles. The van der Waals surface area contributed by atoms with Crippen LogP contribution in [0.4, 0.5) is 0 Å². The first kappa shape index (κ1) is 26.6. The zero-order valence-corrected chi connectivity index (χ0v) is 28.3. The topological polar surface area (TPSA) is 51.8 Å². The van der Waals surface area contributed by atoms with Crippen LogP contribution in [0.5, 0.6) is 0 Å². The summed E-state index contributed by atoms with van der Waals surface area (Å²) in [6, 6.07) is 54.0. The molecule has 0 aliphatic rings. The largest absolute Gasteiger partial charge is 0.456 e. The lowest BCUT2D eigenvalue weighted by molar-refractivity contribution is 0.669. The van der Waals surface area contributed by atoms with Crippen molar-refractivity contribution in [1.29, 1.82) is 0 Å². The number of aromatic nitrogens is 3. The third-order valence-corrected chi connectivity index (χ3v) is 9.69. The Morgan fingerprint density at radius 1 is 0.340 bits per heavy atom. The van der Waals surface area contributed by atoms with Crippen molar-refractivity contribution in [3.63, 3.8) is 0 Å². The maximum Gasteiger partial charge on any atom is 0.164 e. The molecule has 4 nitrogen and oxygen atoms in total. The smallest absolute Gasteiger partial charge is 0.164 e. The van der Waals surface area contributed by atoms with Crippen molar-refractivity contribution in [2.24, 2.45) is 0 Å². The van der Waals surface area contributed by atoms with Crippen LogP contribution in [-0.4, -0.2) is 15.0 Å². The quantitative estimate of drug-likeness (QED) is 0.175. The average Bonchev–Trinajstić information content (AvgIpc) is 3.64. The maximum absolute atomic E-state index is 9.06. The van der Waals surface area contributed by atoms with Crippen molar-refractivity contribution in [3.05, 3.63) is 188 Å². The second-order valence-corrected chi connectivity index (χ2v) is 12.9. The van der Waals surface area contributed by atoms with Gasteiger partial charge in [0.2, 0.25) is 0 Å². The molecule has 2 heterocycles. The van der Waals surface area contributed by atoms with E-state index in [2.05, 4.69) is 60.7 Å². The van der Waals surface area contributed by atoms with Crippen LogP contribution in [0.2, 0.25) is 0 Å². The van der Waals surface area contributed by atoms with Gasteiger partial charge in [-0.25, -0.2) is 15.0 Å². The molecule has 4 heteroatoms. The first-order valence-corrected chi connectivity index (χ1v) is 17.4. The van der Waals surface area contributed by atoms with Gasteiger partial charge < -0.3 is 4.42 Å². The van der Waals surface area contributed by atoms with Gasteiger partial charge in [-0.05, 0) is 56.2 Å². The third kappa shape index (κ3) is 5.54. The van der Waals surface area contributed by atoms with E-state index in [1.54, 1.807) is 6.07 Å². The van der Waals surface area contributed by atoms with E-state index >= 15 is 0 Å². The zero-order valence-electron chi connectivity index (χ0n) is 32.3. The molecule has 0 aliphatic carbocycles. The SMILES string of the molecule is [2H]c1cc([2H])c2oc3c([2H])cc([2H])c(-c4cccc5c(-c6ccc(-c7nc(-c8ccccc8)nc(-c8ccc(-c9ccccc9)cc8)n7)cc6)cccc45)c3c2c1. The van der Waals surface area contributed by atoms with Crippen molar-refractivity contribution in [3.8, 4) is 67.5 Å². The van der Waals surface area contributed by atoms with E-state index in [0.29, 0.717) is 45.0 Å². The Bertz CT molecular complexity index is 3150. The number of benzene rings is 8. The predicted molar refractivity (Wildman–Crippen MR) is 217 cm³/mol. The summed E-state index contributed by atoms with van der Waals surface area (Å²) in [6.07, 6.45) is 0. The number of para-hydroxylation sites is 1. The zero-order chi connectivity index (χ0) is 38.6. The first-order chi connectivity index (χ1) is 27.9. The maximum atomic E-state index is 9.06. The van der Waals surface area contributed by atoms with Gasteiger partial charge >= 0.3 is 0 Å². The highest BCUT2D eigenvalue weighted by Crippen LogP contribution is 2.41. The lowest BCUT2D eigenvalue weighted by Crippen LogP contribution is -2.00. The molecular weight excluding hydrogens is 647 g/mol. The van der Waals surface area contributed by atoms with Crippen LogP contribution < -0.4 is 0 Å². The van der Waals surface area contributed by atoms with Gasteiger partial charge in [-0.2, -0.15) is 0 Å². The van der Waals surface area contributed by atoms with Gasteiger partial charge in [0, 0.05) is 27.5 Å². The molecule has 0 bridgehead atoms. The normalized spacial score (nSPS) is 12.5. The molecule has 0 aliphatic heterocycles. The summed E-state index contributed by atoms with van der Waals surface area (Å²) in [4.78, 5) is 14.8. The van der Waals surface area contributed by atoms with Crippen molar-refractivity contribution in [2.75, 3.05) is 0 Å². The van der Waals surface area contributed by atoms with Gasteiger partial charge in [0.25, 0.3) is 0 Å². The molecule has 0 saturated heterocycles. The van der Waals surface area contributed by atoms with E-state index < -0.39 is 0 Å². The van der Waals surface area contributed by atoms with Crippen molar-refractivity contribution < 1.29 is 9.90 Å². The molecule has 10 aromatic rings. The molecule has 0 N–H and O–H groups in total. The fourth-order valence-corrected chi connectivity index (χ4v) is 7.10. The number of furan rings is 1. The van der Waals surface area contributed by atoms with Crippen LogP contribution in [0.1, 0.15) is 5.48 Å². The number of fused-ring (bicyclic) bond motifs is 4. The highest BCUT2D eigenvalue weighted by molar-refractivity contribution is 6.16. The van der Waals surface area contributed by atoms with E-state index in [-0.39, 0.29) is 24.2 Å². The minimum Gasteiger partial charge on any atom is -0.456 e. The molecule has 0 fully saturated rings. The van der Waals surface area contributed by atoms with Crippen molar-refractivity contribution in [1.82, 2.24) is 15.0 Å². The second kappa shape index (κ2) is 12.9. The van der Waals surface area contributed by atoms with E-state index in [0.717, 1.165) is 55.3 Å². The molecule has 53 heavy (non-hydrogen) atoms. The van der Waals surface area contributed by atoms with E-state index in [1.165, 1.54) is 12.1 Å². The Balaban J connectivity index is 1.06. The fraction of sp³-hybridized carbons (Fsp3) is 0. The summed E-state index contributed by atoms with van der Waals surface area (Å²) in [5, 5.41) is 3.06. The monoisotopic (exact) mass is 681 g/mol. The second-order valence-electron chi connectivity index (χ2n) is 12.9. The summed E-state index contributed by atoms with van der Waals surface area (Å²) < 4.78 is 40.5. The first-order valence-electron chi connectivity index (χ1n) is 19.4. The molecule has 10 rings (SSSR count). The summed E-state index contributed by atoms with van der Waals surface area (Å²) in [7, 11) is 0. The third-order valence-electron chi connectivity index (χ3n) is 9.69. The Morgan fingerprint density at radius 3 is 1.51 bits per heavy atom. The molecule has 0 radical (unpaired) electrons. The van der Waals surface area contributed by atoms with E-state index in [1.807, 2.05) is 84.9 Å². The molecule has 0 spiro atoms. The fourth-order valence-electron chi connectivity index (χ4n) is 7.10. The lowest BCUT2D eigenvalue weighted by atomic mass is 9.91. The van der Waals surface area contributed by atoms with E-state index in [9.17, 15) is 0 Å². The van der Waals surface area contributed by atoms with Gasteiger partial charge in [0.05, 0.1) is 5.48 Å². The van der Waals surface area contributed by atoms with Crippen LogP contribution >= 0.6 is 0 Å². The van der Waals surface area contributed by atoms with Gasteiger partial charge in [-0.15, -0.1) is 0 Å². The van der Waals surface area contributed by atoms with Gasteiger partial charge in [0.1, 0.15) is 11.2 Å². The molecule has 248 valence electrons. The molecule has 0 unspecified atom stereocenters. The molecule has 0 atom stereocenters. The van der Waals surface area contributed by atoms with Crippen molar-refractivity contribution >= 4 is 32.7 Å². The molecule has 8 aromatic carbocycles. The molecule has 0 saturated carbocycles. The standard InChI is InChI=1S/C49H31N3O/c1-3-12-32(13-4-1)33-24-28-36(29-25-33)48-50-47(35-14-5-2-6-15-35)51-49(52-48)37-30-26-34(27-31-37)38-17-9-19-40-39(38)18-10-20-41(40)42-21-11-23-45-46(42)43-16-7-8-22-44(43)53-45/h1-31H/i7D,21D,22D,23D. The van der Waals surface area contributed by atoms with Crippen LogP contribution in [0.25, 0.3) is 100 Å². The number of hydrogen-bond acceptors (Lipinski definition) is 4. The van der Waals surface area contributed by atoms with Crippen LogP contribution in [-0.2, 0) is 0 Å². The van der Waals surface area contributed by atoms with Gasteiger partial charge in [-0.1, -0.05) is 176 Å². The van der Waals surface area contributed by atoms with Gasteiger partial charge in [0.15, 0.2) is 17.5 Å². The minimum atomic E-state index is 0.0732. The summed E-state index contributed by atoms with van der Waals surface area (Å²) in [5.41, 5.74) is 8.97. The summed E-state index contributed by atoms with van der Waals surface area (Å²) in [6.45, 7) is 0. The highest BCUT2D eigenvalue weighted by atomic mass is 16.3. The Hall–Kier alpha value is -7.17. The van der Waals surface area contributed by atoms with Gasteiger partial charge in [-0.3, -0.25) is 0 Å². The van der Waals surface area contributed by atoms with Crippen LogP contribution in [0.3, 0.4) is 0 Å². The minimum absolute atomic E-state index is 0.0732. The highest BCUT2D eigenvalue weighted by Gasteiger charge is 2.16. The Morgan fingerprint density at radius 2 is 0.849 bits per heavy atom. The predicted octanol–water partition coefficient (Wildman–Crippen LogP) is 12.9. The number of rotatable bonds is 6. The summed E-state index contributed by atoms with van der Waals surface area (Å²) >= 11 is 0. The van der Waals surface area contributed by atoms with Crippen molar-refractivity contribution in [2.45, 2.75) is 0 Å².